The van der Waals surface area contributed by atoms with Gasteiger partial charge >= 0.3 is 0 Å². The SMILES string of the molecule is CC1CC=C2C=CC=CC=C21. The Morgan fingerprint density at radius 1 is 1.27 bits per heavy atom. The van der Waals surface area contributed by atoms with Gasteiger partial charge in [0.1, 0.15) is 0 Å². The molecule has 0 saturated carbocycles. The van der Waals surface area contributed by atoms with E-state index >= 15 is 0 Å². The van der Waals surface area contributed by atoms with E-state index in [0.29, 0.717) is 0 Å². The van der Waals surface area contributed by atoms with Gasteiger partial charge < -0.3 is 0 Å². The maximum Gasteiger partial charge on any atom is -0.0150 e. The highest BCUT2D eigenvalue weighted by Crippen LogP contribution is 2.32. The molecule has 0 heterocycles. The van der Waals surface area contributed by atoms with E-state index in [1.807, 2.05) is 0 Å². The average Bonchev–Trinajstić information content (AvgIpc) is 2.25. The van der Waals surface area contributed by atoms with Crippen LogP contribution in [0.25, 0.3) is 0 Å². The van der Waals surface area contributed by atoms with Crippen molar-refractivity contribution >= 4 is 0 Å². The fraction of sp³-hybridized carbons (Fsp3) is 0.273. The molecular formula is C11H12. The lowest BCUT2D eigenvalue weighted by Crippen LogP contribution is -1.90. The quantitative estimate of drug-likeness (QED) is 0.490. The van der Waals surface area contributed by atoms with Crippen molar-refractivity contribution in [2.24, 2.45) is 5.92 Å². The van der Waals surface area contributed by atoms with Crippen molar-refractivity contribution in [2.45, 2.75) is 13.3 Å². The Balaban J connectivity index is 2.41. The summed E-state index contributed by atoms with van der Waals surface area (Å²) in [6, 6.07) is 0. The Morgan fingerprint density at radius 3 is 3.09 bits per heavy atom. The molecule has 2 aliphatic rings. The summed E-state index contributed by atoms with van der Waals surface area (Å²) in [6.07, 6.45) is 14.3. The molecule has 0 aliphatic heterocycles. The minimum atomic E-state index is 0.720. The molecule has 0 aromatic heterocycles. The predicted molar refractivity (Wildman–Crippen MR) is 48.2 cm³/mol. The van der Waals surface area contributed by atoms with Crippen LogP contribution in [0.2, 0.25) is 0 Å². The van der Waals surface area contributed by atoms with Crippen LogP contribution in [-0.2, 0) is 0 Å². The molecule has 0 spiro atoms. The second kappa shape index (κ2) is 2.54. The Labute approximate surface area is 67.6 Å². The minimum absolute atomic E-state index is 0.720. The lowest BCUT2D eigenvalue weighted by Gasteiger charge is -2.04. The zero-order valence-corrected chi connectivity index (χ0v) is 6.75. The van der Waals surface area contributed by atoms with Crippen LogP contribution in [0.4, 0.5) is 0 Å². The highest BCUT2D eigenvalue weighted by atomic mass is 14.2. The van der Waals surface area contributed by atoms with Crippen LogP contribution in [0, 0.1) is 5.92 Å². The Bertz CT molecular complexity index is 274. The molecule has 2 aliphatic carbocycles. The van der Waals surface area contributed by atoms with E-state index in [1.165, 1.54) is 17.6 Å². The van der Waals surface area contributed by atoms with Crippen molar-refractivity contribution in [1.82, 2.24) is 0 Å². The monoisotopic (exact) mass is 144 g/mol. The first-order valence-corrected chi connectivity index (χ1v) is 4.13. The molecule has 0 heteroatoms. The summed E-state index contributed by atoms with van der Waals surface area (Å²) >= 11 is 0. The van der Waals surface area contributed by atoms with Gasteiger partial charge in [0.05, 0.1) is 0 Å². The first kappa shape index (κ1) is 6.66. The summed E-state index contributed by atoms with van der Waals surface area (Å²) < 4.78 is 0. The molecular weight excluding hydrogens is 132 g/mol. The maximum atomic E-state index is 2.32. The zero-order valence-electron chi connectivity index (χ0n) is 6.75. The molecule has 0 nitrogen and oxygen atoms in total. The molecule has 2 rings (SSSR count). The maximum absolute atomic E-state index is 2.32. The molecule has 11 heavy (non-hydrogen) atoms. The lowest BCUT2D eigenvalue weighted by atomic mass is 10.0. The van der Waals surface area contributed by atoms with Gasteiger partial charge in [-0.3, -0.25) is 0 Å². The predicted octanol–water partition coefficient (Wildman–Crippen LogP) is 3.01. The van der Waals surface area contributed by atoms with Crippen LogP contribution in [0.1, 0.15) is 13.3 Å². The minimum Gasteiger partial charge on any atom is -0.0764 e. The molecule has 1 unspecified atom stereocenters. The van der Waals surface area contributed by atoms with Crippen LogP contribution in [0.5, 0.6) is 0 Å². The number of hydrogen-bond donors (Lipinski definition) is 0. The lowest BCUT2D eigenvalue weighted by molar-refractivity contribution is 0.740. The van der Waals surface area contributed by atoms with Crippen LogP contribution in [0.3, 0.4) is 0 Å². The number of rotatable bonds is 0. The van der Waals surface area contributed by atoms with E-state index in [2.05, 4.69) is 43.4 Å². The second-order valence-corrected chi connectivity index (χ2v) is 3.16. The molecule has 0 aromatic rings. The van der Waals surface area contributed by atoms with E-state index in [1.54, 1.807) is 0 Å². The van der Waals surface area contributed by atoms with Gasteiger partial charge in [-0.15, -0.1) is 0 Å². The van der Waals surface area contributed by atoms with Crippen LogP contribution in [0.15, 0.2) is 47.6 Å². The van der Waals surface area contributed by atoms with Gasteiger partial charge in [0.25, 0.3) is 0 Å². The fourth-order valence-corrected chi connectivity index (χ4v) is 1.64. The van der Waals surface area contributed by atoms with E-state index in [-0.39, 0.29) is 0 Å². The van der Waals surface area contributed by atoms with Gasteiger partial charge in [0, 0.05) is 0 Å². The normalized spacial score (nSPS) is 27.5. The highest BCUT2D eigenvalue weighted by Gasteiger charge is 2.16. The summed E-state index contributed by atoms with van der Waals surface area (Å²) in [6.45, 7) is 2.28. The van der Waals surface area contributed by atoms with E-state index in [9.17, 15) is 0 Å². The van der Waals surface area contributed by atoms with Gasteiger partial charge in [-0.05, 0) is 23.5 Å². The summed E-state index contributed by atoms with van der Waals surface area (Å²) in [7, 11) is 0. The molecule has 0 amide bonds. The van der Waals surface area contributed by atoms with Crippen LogP contribution >= 0.6 is 0 Å². The molecule has 56 valence electrons. The van der Waals surface area contributed by atoms with Crippen molar-refractivity contribution in [3.8, 4) is 0 Å². The summed E-state index contributed by atoms with van der Waals surface area (Å²) in [4.78, 5) is 0. The highest BCUT2D eigenvalue weighted by molar-refractivity contribution is 5.49. The van der Waals surface area contributed by atoms with Crippen molar-refractivity contribution in [1.29, 1.82) is 0 Å². The fourth-order valence-electron chi connectivity index (χ4n) is 1.64. The Hall–Kier alpha value is -1.04. The van der Waals surface area contributed by atoms with Crippen molar-refractivity contribution < 1.29 is 0 Å². The zero-order chi connectivity index (χ0) is 7.68. The molecule has 0 radical (unpaired) electrons. The number of fused-ring (bicyclic) bond motifs is 1. The first-order valence-electron chi connectivity index (χ1n) is 4.13. The summed E-state index contributed by atoms with van der Waals surface area (Å²) in [5, 5.41) is 0. The number of hydrogen-bond acceptors (Lipinski definition) is 0. The third-order valence-electron chi connectivity index (χ3n) is 2.33. The Kier molecular flexibility index (Phi) is 1.54. The third-order valence-corrected chi connectivity index (χ3v) is 2.33. The van der Waals surface area contributed by atoms with E-state index in [4.69, 9.17) is 0 Å². The van der Waals surface area contributed by atoms with Crippen LogP contribution in [-0.4, -0.2) is 0 Å². The average molecular weight is 144 g/mol. The van der Waals surface area contributed by atoms with Crippen molar-refractivity contribution in [2.75, 3.05) is 0 Å². The number of allylic oxidation sites excluding steroid dienone is 8. The standard InChI is InChI=1S/C11H12/c1-9-7-8-10-5-3-2-4-6-11(9)10/h2-6,8-9H,7H2,1H3. The summed E-state index contributed by atoms with van der Waals surface area (Å²) in [5.74, 6) is 0.720. The molecule has 1 atom stereocenters. The van der Waals surface area contributed by atoms with Gasteiger partial charge in [0.15, 0.2) is 0 Å². The second-order valence-electron chi connectivity index (χ2n) is 3.16. The molecule has 0 aromatic carbocycles. The van der Waals surface area contributed by atoms with E-state index < -0.39 is 0 Å². The van der Waals surface area contributed by atoms with Gasteiger partial charge in [0.2, 0.25) is 0 Å². The summed E-state index contributed by atoms with van der Waals surface area (Å²) in [5.41, 5.74) is 2.91. The smallest absolute Gasteiger partial charge is 0.0150 e. The van der Waals surface area contributed by atoms with Gasteiger partial charge in [-0.1, -0.05) is 43.4 Å². The molecule has 0 N–H and O–H groups in total. The Morgan fingerprint density at radius 2 is 2.18 bits per heavy atom. The molecule has 0 fully saturated rings. The third kappa shape index (κ3) is 1.09. The van der Waals surface area contributed by atoms with E-state index in [0.717, 1.165) is 5.92 Å². The van der Waals surface area contributed by atoms with Gasteiger partial charge in [-0.25, -0.2) is 0 Å². The van der Waals surface area contributed by atoms with Crippen LogP contribution < -0.4 is 0 Å². The van der Waals surface area contributed by atoms with Gasteiger partial charge in [-0.2, -0.15) is 0 Å². The van der Waals surface area contributed by atoms with Crippen molar-refractivity contribution in [3.63, 3.8) is 0 Å². The molecule has 0 saturated heterocycles. The largest absolute Gasteiger partial charge is 0.0764 e. The first-order chi connectivity index (χ1) is 5.38. The topological polar surface area (TPSA) is 0 Å². The van der Waals surface area contributed by atoms with Crippen molar-refractivity contribution in [3.05, 3.63) is 47.6 Å². The molecule has 0 bridgehead atoms.